The van der Waals surface area contributed by atoms with Crippen LogP contribution in [0.5, 0.6) is 0 Å². The highest BCUT2D eigenvalue weighted by atomic mass is 32.2. The van der Waals surface area contributed by atoms with Crippen molar-refractivity contribution in [2.45, 2.75) is 17.8 Å². The number of hydrogen-bond acceptors (Lipinski definition) is 10. The standard InChI is InChI=1S/C12H17N7O2S2/c1-8-9(17-21-16-8)6-18-2-4-19(5-3-18)10(20)7-22-12-15-14-11(13)23-12/h2-7H2,1H3,(H2,13,14). The van der Waals surface area contributed by atoms with Crippen molar-refractivity contribution in [3.63, 3.8) is 0 Å². The van der Waals surface area contributed by atoms with Gasteiger partial charge in [0.2, 0.25) is 11.0 Å². The van der Waals surface area contributed by atoms with E-state index in [2.05, 4.69) is 25.4 Å². The van der Waals surface area contributed by atoms with Crippen LogP contribution in [0.25, 0.3) is 0 Å². The highest BCUT2D eigenvalue weighted by molar-refractivity contribution is 8.01. The summed E-state index contributed by atoms with van der Waals surface area (Å²) in [4.78, 5) is 16.4. The minimum atomic E-state index is 0.114. The fourth-order valence-corrected chi connectivity index (χ4v) is 3.79. The Balaban J connectivity index is 1.43. The first-order valence-corrected chi connectivity index (χ1v) is 8.92. The average Bonchev–Trinajstić information content (AvgIpc) is 3.14. The summed E-state index contributed by atoms with van der Waals surface area (Å²) in [6.07, 6.45) is 0. The second-order valence-corrected chi connectivity index (χ2v) is 7.38. The molecule has 11 heteroatoms. The van der Waals surface area contributed by atoms with Gasteiger partial charge in [-0.15, -0.1) is 10.2 Å². The molecule has 2 aromatic rings. The number of anilines is 1. The molecule has 0 unspecified atom stereocenters. The molecule has 2 aromatic heterocycles. The zero-order valence-electron chi connectivity index (χ0n) is 12.6. The summed E-state index contributed by atoms with van der Waals surface area (Å²) >= 11 is 2.68. The predicted molar refractivity (Wildman–Crippen MR) is 85.9 cm³/mol. The van der Waals surface area contributed by atoms with Gasteiger partial charge in [-0.3, -0.25) is 9.69 Å². The van der Waals surface area contributed by atoms with Gasteiger partial charge in [-0.2, -0.15) is 0 Å². The highest BCUT2D eigenvalue weighted by Gasteiger charge is 2.22. The highest BCUT2D eigenvalue weighted by Crippen LogP contribution is 2.23. The van der Waals surface area contributed by atoms with Crippen molar-refractivity contribution in [3.05, 3.63) is 11.4 Å². The summed E-state index contributed by atoms with van der Waals surface area (Å²) in [6.45, 7) is 5.63. The fraction of sp³-hybridized carbons (Fsp3) is 0.583. The number of hydrogen-bond donors (Lipinski definition) is 1. The number of thioether (sulfide) groups is 1. The van der Waals surface area contributed by atoms with Gasteiger partial charge < -0.3 is 10.6 Å². The molecule has 124 valence electrons. The van der Waals surface area contributed by atoms with Crippen LogP contribution in [0.1, 0.15) is 11.4 Å². The Morgan fingerprint density at radius 2 is 2.09 bits per heavy atom. The number of carbonyl (C=O) groups is 1. The first-order valence-electron chi connectivity index (χ1n) is 7.12. The van der Waals surface area contributed by atoms with E-state index >= 15 is 0 Å². The van der Waals surface area contributed by atoms with E-state index in [1.807, 2.05) is 11.8 Å². The zero-order chi connectivity index (χ0) is 16.2. The molecule has 1 fully saturated rings. The van der Waals surface area contributed by atoms with Gasteiger partial charge in [-0.1, -0.05) is 33.4 Å². The first-order chi connectivity index (χ1) is 11.1. The molecule has 9 nitrogen and oxygen atoms in total. The van der Waals surface area contributed by atoms with Crippen LogP contribution >= 0.6 is 23.1 Å². The molecule has 2 N–H and O–H groups in total. The van der Waals surface area contributed by atoms with Gasteiger partial charge >= 0.3 is 0 Å². The molecular weight excluding hydrogens is 338 g/mol. The Labute approximate surface area is 141 Å². The third-order valence-electron chi connectivity index (χ3n) is 3.59. The molecular formula is C12H17N7O2S2. The zero-order valence-corrected chi connectivity index (χ0v) is 14.3. The van der Waals surface area contributed by atoms with Crippen molar-refractivity contribution in [3.8, 4) is 0 Å². The van der Waals surface area contributed by atoms with Gasteiger partial charge in [0.1, 0.15) is 11.4 Å². The molecule has 1 aliphatic rings. The number of aryl methyl sites for hydroxylation is 1. The molecule has 3 heterocycles. The van der Waals surface area contributed by atoms with Crippen LogP contribution in [0.3, 0.4) is 0 Å². The molecule has 0 radical (unpaired) electrons. The maximum absolute atomic E-state index is 12.2. The lowest BCUT2D eigenvalue weighted by atomic mass is 10.2. The molecule has 0 spiro atoms. The fourth-order valence-electron chi connectivity index (χ4n) is 2.25. The number of piperazine rings is 1. The number of nitrogen functional groups attached to an aromatic ring is 1. The lowest BCUT2D eigenvalue weighted by Gasteiger charge is -2.34. The Kier molecular flexibility index (Phi) is 5.08. The molecule has 0 aromatic carbocycles. The molecule has 0 saturated carbocycles. The molecule has 23 heavy (non-hydrogen) atoms. The molecule has 1 saturated heterocycles. The van der Waals surface area contributed by atoms with E-state index in [0.717, 1.165) is 28.8 Å². The van der Waals surface area contributed by atoms with Gasteiger partial charge in [0.05, 0.1) is 5.75 Å². The SMILES string of the molecule is Cc1nonc1CN1CCN(C(=O)CSc2nnc(N)s2)CC1. The Morgan fingerprint density at radius 1 is 1.30 bits per heavy atom. The summed E-state index contributed by atoms with van der Waals surface area (Å²) in [6, 6.07) is 0. The third-order valence-corrected chi connectivity index (χ3v) is 5.46. The molecule has 0 atom stereocenters. The van der Waals surface area contributed by atoms with E-state index in [1.165, 1.54) is 23.1 Å². The summed E-state index contributed by atoms with van der Waals surface area (Å²) in [5.41, 5.74) is 7.20. The maximum Gasteiger partial charge on any atom is 0.233 e. The number of nitrogens with zero attached hydrogens (tertiary/aromatic N) is 6. The Hall–Kier alpha value is -1.72. The summed E-state index contributed by atoms with van der Waals surface area (Å²) in [7, 11) is 0. The molecule has 1 amide bonds. The normalized spacial score (nSPS) is 16.0. The van der Waals surface area contributed by atoms with E-state index in [0.29, 0.717) is 30.5 Å². The van der Waals surface area contributed by atoms with Crippen LogP contribution in [0.4, 0.5) is 5.13 Å². The number of amides is 1. The molecule has 0 bridgehead atoms. The van der Waals surface area contributed by atoms with Crippen LogP contribution in [0.15, 0.2) is 8.97 Å². The quantitative estimate of drug-likeness (QED) is 0.754. The van der Waals surface area contributed by atoms with Gasteiger partial charge in [0.15, 0.2) is 4.34 Å². The predicted octanol–water partition coefficient (Wildman–Crippen LogP) is 0.248. The van der Waals surface area contributed by atoms with Gasteiger partial charge in [-0.05, 0) is 6.92 Å². The van der Waals surface area contributed by atoms with Crippen molar-refractivity contribution in [1.82, 2.24) is 30.3 Å². The van der Waals surface area contributed by atoms with E-state index in [-0.39, 0.29) is 5.91 Å². The monoisotopic (exact) mass is 355 g/mol. The van der Waals surface area contributed by atoms with E-state index in [9.17, 15) is 4.79 Å². The van der Waals surface area contributed by atoms with Crippen LogP contribution in [0.2, 0.25) is 0 Å². The van der Waals surface area contributed by atoms with Gasteiger partial charge in [0, 0.05) is 32.7 Å². The van der Waals surface area contributed by atoms with Crippen molar-refractivity contribution in [1.29, 1.82) is 0 Å². The summed E-state index contributed by atoms with van der Waals surface area (Å²) < 4.78 is 5.43. The minimum absolute atomic E-state index is 0.114. The van der Waals surface area contributed by atoms with Crippen LogP contribution in [-0.2, 0) is 11.3 Å². The third kappa shape index (κ3) is 4.18. The second-order valence-electron chi connectivity index (χ2n) is 5.15. The lowest BCUT2D eigenvalue weighted by Crippen LogP contribution is -2.48. The summed E-state index contributed by atoms with van der Waals surface area (Å²) in [5, 5.41) is 15.7. The van der Waals surface area contributed by atoms with E-state index in [4.69, 9.17) is 10.4 Å². The van der Waals surface area contributed by atoms with Gasteiger partial charge in [0.25, 0.3) is 0 Å². The molecule has 1 aliphatic heterocycles. The minimum Gasteiger partial charge on any atom is -0.374 e. The van der Waals surface area contributed by atoms with Crippen molar-refractivity contribution < 1.29 is 9.42 Å². The topological polar surface area (TPSA) is 114 Å². The van der Waals surface area contributed by atoms with E-state index < -0.39 is 0 Å². The van der Waals surface area contributed by atoms with Crippen molar-refractivity contribution in [2.24, 2.45) is 0 Å². The number of carbonyl (C=O) groups excluding carboxylic acids is 1. The molecule has 0 aliphatic carbocycles. The number of nitrogens with two attached hydrogens (primary N) is 1. The largest absolute Gasteiger partial charge is 0.374 e. The van der Waals surface area contributed by atoms with Crippen molar-refractivity contribution in [2.75, 3.05) is 37.7 Å². The summed E-state index contributed by atoms with van der Waals surface area (Å²) in [5.74, 6) is 0.476. The number of rotatable bonds is 5. The van der Waals surface area contributed by atoms with Crippen LogP contribution < -0.4 is 5.73 Å². The van der Waals surface area contributed by atoms with E-state index in [1.54, 1.807) is 0 Å². The lowest BCUT2D eigenvalue weighted by molar-refractivity contribution is -0.130. The Bertz CT molecular complexity index is 666. The van der Waals surface area contributed by atoms with Crippen LogP contribution in [-0.4, -0.2) is 68.1 Å². The average molecular weight is 355 g/mol. The number of aromatic nitrogens is 4. The molecule has 3 rings (SSSR count). The Morgan fingerprint density at radius 3 is 2.70 bits per heavy atom. The second kappa shape index (κ2) is 7.23. The van der Waals surface area contributed by atoms with Crippen LogP contribution in [0, 0.1) is 6.92 Å². The maximum atomic E-state index is 12.2. The smallest absolute Gasteiger partial charge is 0.233 e. The first kappa shape index (κ1) is 16.1. The van der Waals surface area contributed by atoms with Gasteiger partial charge in [-0.25, -0.2) is 4.63 Å². The van der Waals surface area contributed by atoms with Crippen molar-refractivity contribution >= 4 is 34.1 Å².